The maximum atomic E-state index is 13.5. The number of hydrogen-bond acceptors (Lipinski definition) is 4. The third-order valence-electron chi connectivity index (χ3n) is 4.61. The number of hydrogen-bond donors (Lipinski definition) is 1. The Morgan fingerprint density at radius 2 is 1.88 bits per heavy atom. The molecule has 0 bridgehead atoms. The minimum absolute atomic E-state index is 0.0953. The minimum atomic E-state index is -4.82. The molecule has 2 aromatic rings. The molecule has 1 N–H and O–H groups in total. The van der Waals surface area contributed by atoms with Crippen molar-refractivity contribution >= 4 is 46.6 Å². The zero-order chi connectivity index (χ0) is 23.5. The number of halogens is 7. The molecule has 32 heavy (non-hydrogen) atoms. The van der Waals surface area contributed by atoms with Gasteiger partial charge in [-0.25, -0.2) is 9.18 Å². The summed E-state index contributed by atoms with van der Waals surface area (Å²) in [5, 5.41) is 2.62. The van der Waals surface area contributed by atoms with Crippen molar-refractivity contribution in [2.45, 2.75) is 18.4 Å². The van der Waals surface area contributed by atoms with E-state index < -0.39 is 36.8 Å². The summed E-state index contributed by atoms with van der Waals surface area (Å²) in [7, 11) is 0. The van der Waals surface area contributed by atoms with Gasteiger partial charge in [-0.05, 0) is 42.0 Å². The second-order valence-corrected chi connectivity index (χ2v) is 8.29. The monoisotopic (exact) mass is 514 g/mol. The highest BCUT2D eigenvalue weighted by Crippen LogP contribution is 2.30. The standard InChI is InChI=1S/C20H17Cl3F4N2O3/c21-12-5-11(6-13(22)7-12)17-9-29(3-4-31-17)10-18(20(25,26)27)32-19(30)28-14-1-2-15(23)16(24)8-14/h1-2,5-8,17-18H,3-4,9-10H2,(H,28,30)/t17-,18-/m0/s1. The van der Waals surface area contributed by atoms with Gasteiger partial charge in [-0.1, -0.05) is 34.8 Å². The molecule has 1 heterocycles. The smallest absolute Gasteiger partial charge is 0.426 e. The molecule has 5 nitrogen and oxygen atoms in total. The Kier molecular flexibility index (Phi) is 8.11. The number of rotatable bonds is 5. The predicted octanol–water partition coefficient (Wildman–Crippen LogP) is 6.34. The zero-order valence-corrected chi connectivity index (χ0v) is 18.5. The Balaban J connectivity index is 1.65. The summed E-state index contributed by atoms with van der Waals surface area (Å²) in [5.74, 6) is -0.836. The van der Waals surface area contributed by atoms with E-state index >= 15 is 0 Å². The number of carbonyl (C=O) groups excluding carboxylic acids is 1. The van der Waals surface area contributed by atoms with Crippen LogP contribution in [0.3, 0.4) is 0 Å². The quantitative estimate of drug-likeness (QED) is 0.472. The normalized spacial score (nSPS) is 18.3. The van der Waals surface area contributed by atoms with Gasteiger partial charge in [0.1, 0.15) is 5.82 Å². The van der Waals surface area contributed by atoms with Crippen LogP contribution in [0.15, 0.2) is 36.4 Å². The highest BCUT2D eigenvalue weighted by atomic mass is 35.5. The van der Waals surface area contributed by atoms with Crippen LogP contribution in [-0.4, -0.2) is 49.5 Å². The molecule has 0 saturated carbocycles. The fourth-order valence-corrected chi connectivity index (χ4v) is 3.78. The molecule has 0 aliphatic carbocycles. The average molecular weight is 516 g/mol. The van der Waals surface area contributed by atoms with E-state index in [1.54, 1.807) is 12.1 Å². The number of nitrogens with zero attached hydrogens (tertiary/aromatic N) is 1. The van der Waals surface area contributed by atoms with Gasteiger partial charge in [0.05, 0.1) is 17.7 Å². The minimum Gasteiger partial charge on any atom is -0.435 e. The number of nitrogens with one attached hydrogen (secondary N) is 1. The van der Waals surface area contributed by atoms with Crippen LogP contribution in [0.25, 0.3) is 0 Å². The highest BCUT2D eigenvalue weighted by molar-refractivity contribution is 6.34. The third-order valence-corrected chi connectivity index (χ3v) is 5.35. The molecule has 2 aromatic carbocycles. The summed E-state index contributed by atoms with van der Waals surface area (Å²) in [4.78, 5) is 13.5. The molecule has 3 rings (SSSR count). The van der Waals surface area contributed by atoms with Crippen LogP contribution >= 0.6 is 34.8 Å². The average Bonchev–Trinajstić information content (AvgIpc) is 2.69. The third kappa shape index (κ3) is 6.86. The van der Waals surface area contributed by atoms with Gasteiger partial charge < -0.3 is 9.47 Å². The van der Waals surface area contributed by atoms with Gasteiger partial charge in [0.15, 0.2) is 0 Å². The van der Waals surface area contributed by atoms with Crippen LogP contribution in [0.5, 0.6) is 0 Å². The van der Waals surface area contributed by atoms with Gasteiger partial charge in [0.25, 0.3) is 0 Å². The van der Waals surface area contributed by atoms with Crippen LogP contribution in [0.1, 0.15) is 11.7 Å². The molecule has 0 unspecified atom stereocenters. The molecule has 1 fully saturated rings. The van der Waals surface area contributed by atoms with Gasteiger partial charge in [-0.3, -0.25) is 10.2 Å². The molecule has 0 aromatic heterocycles. The maximum Gasteiger partial charge on any atom is 0.426 e. The number of ether oxygens (including phenoxy) is 2. The van der Waals surface area contributed by atoms with Crippen LogP contribution < -0.4 is 5.32 Å². The summed E-state index contributed by atoms with van der Waals surface area (Å²) >= 11 is 17.5. The largest absolute Gasteiger partial charge is 0.435 e. The van der Waals surface area contributed by atoms with Crippen molar-refractivity contribution < 1.29 is 31.8 Å². The summed E-state index contributed by atoms with van der Waals surface area (Å²) in [6.07, 6.45) is -9.17. The van der Waals surface area contributed by atoms with E-state index in [2.05, 4.69) is 10.1 Å². The van der Waals surface area contributed by atoms with Crippen LogP contribution in [0.4, 0.5) is 28.0 Å². The van der Waals surface area contributed by atoms with Gasteiger partial charge in [-0.2, -0.15) is 13.2 Å². The molecule has 1 aliphatic rings. The summed E-state index contributed by atoms with van der Waals surface area (Å²) in [6.45, 7) is -0.142. The van der Waals surface area contributed by atoms with E-state index in [4.69, 9.17) is 39.5 Å². The highest BCUT2D eigenvalue weighted by Gasteiger charge is 2.44. The van der Waals surface area contributed by atoms with Crippen molar-refractivity contribution in [2.24, 2.45) is 0 Å². The van der Waals surface area contributed by atoms with Gasteiger partial charge in [0.2, 0.25) is 6.10 Å². The molecule has 2 atom stereocenters. The number of carbonyl (C=O) groups is 1. The lowest BCUT2D eigenvalue weighted by atomic mass is 10.1. The Morgan fingerprint density at radius 1 is 1.19 bits per heavy atom. The van der Waals surface area contributed by atoms with Gasteiger partial charge >= 0.3 is 12.3 Å². The predicted molar refractivity (Wildman–Crippen MR) is 113 cm³/mol. The fourth-order valence-electron chi connectivity index (χ4n) is 3.12. The van der Waals surface area contributed by atoms with Crippen LogP contribution in [-0.2, 0) is 9.47 Å². The first-order valence-electron chi connectivity index (χ1n) is 9.30. The first-order valence-corrected chi connectivity index (χ1v) is 10.4. The number of alkyl halides is 3. The number of benzene rings is 2. The lowest BCUT2D eigenvalue weighted by Crippen LogP contribution is -2.48. The molecule has 0 spiro atoms. The zero-order valence-electron chi connectivity index (χ0n) is 16.3. The van der Waals surface area contributed by atoms with E-state index in [0.29, 0.717) is 15.6 Å². The lowest BCUT2D eigenvalue weighted by Gasteiger charge is -2.35. The number of amides is 1. The molecular formula is C20H17Cl3F4N2O3. The first-order chi connectivity index (χ1) is 15.0. The molecule has 0 radical (unpaired) electrons. The van der Waals surface area contributed by atoms with E-state index in [-0.39, 0.29) is 30.4 Å². The maximum absolute atomic E-state index is 13.5. The Morgan fingerprint density at radius 3 is 2.50 bits per heavy atom. The summed E-state index contributed by atoms with van der Waals surface area (Å²) < 4.78 is 64.4. The molecule has 1 saturated heterocycles. The van der Waals surface area contributed by atoms with Crippen molar-refractivity contribution in [1.29, 1.82) is 0 Å². The Bertz CT molecular complexity index is 957. The molecule has 1 amide bonds. The van der Waals surface area contributed by atoms with Crippen molar-refractivity contribution in [3.05, 3.63) is 62.8 Å². The second-order valence-electron chi connectivity index (χ2n) is 7.01. The van der Waals surface area contributed by atoms with Crippen LogP contribution in [0, 0.1) is 5.82 Å². The summed E-state index contributed by atoms with van der Waals surface area (Å²) in [6, 6.07) is 8.04. The van der Waals surface area contributed by atoms with E-state index in [9.17, 15) is 22.4 Å². The van der Waals surface area contributed by atoms with E-state index in [0.717, 1.165) is 12.1 Å². The SMILES string of the molecule is O=C(Nc1ccc(Cl)c(F)c1)O[C@@H](CN1CCO[C@H](c2cc(Cl)cc(Cl)c2)C1)C(F)(F)F. The summed E-state index contributed by atoms with van der Waals surface area (Å²) in [5.41, 5.74) is 0.529. The molecular weight excluding hydrogens is 499 g/mol. The van der Waals surface area contributed by atoms with Gasteiger partial charge in [-0.15, -0.1) is 0 Å². The van der Waals surface area contributed by atoms with Gasteiger partial charge in [0, 0.05) is 35.4 Å². The fraction of sp³-hybridized carbons (Fsp3) is 0.350. The number of anilines is 1. The Hall–Kier alpha value is -1.78. The lowest BCUT2D eigenvalue weighted by molar-refractivity contribution is -0.209. The van der Waals surface area contributed by atoms with E-state index in [1.807, 2.05) is 0 Å². The van der Waals surface area contributed by atoms with Crippen LogP contribution in [0.2, 0.25) is 15.1 Å². The molecule has 12 heteroatoms. The van der Waals surface area contributed by atoms with Crippen molar-refractivity contribution in [2.75, 3.05) is 31.6 Å². The van der Waals surface area contributed by atoms with Crippen molar-refractivity contribution in [3.8, 4) is 0 Å². The van der Waals surface area contributed by atoms with Crippen molar-refractivity contribution in [3.63, 3.8) is 0 Å². The topological polar surface area (TPSA) is 50.8 Å². The second kappa shape index (κ2) is 10.4. The Labute approximate surface area is 196 Å². The van der Waals surface area contributed by atoms with E-state index in [1.165, 1.54) is 17.0 Å². The molecule has 1 aliphatic heterocycles. The molecule has 174 valence electrons. The first kappa shape index (κ1) is 24.9. The van der Waals surface area contributed by atoms with Crippen molar-refractivity contribution in [1.82, 2.24) is 4.90 Å². The number of morpholine rings is 1.